The Bertz CT molecular complexity index is 1130. The summed E-state index contributed by atoms with van der Waals surface area (Å²) >= 11 is 12.6. The molecule has 0 radical (unpaired) electrons. The minimum Gasteiger partial charge on any atom is -0.493 e. The maximum Gasteiger partial charge on any atom is 0.259 e. The molecule has 1 heterocycles. The van der Waals surface area contributed by atoms with Crippen LogP contribution in [0.1, 0.15) is 11.4 Å². The number of aromatic amines is 1. The monoisotopic (exact) mass is 400 g/mol. The number of terminal acetylenes is 1. The summed E-state index contributed by atoms with van der Waals surface area (Å²) in [5.74, 6) is 3.38. The molecule has 27 heavy (non-hydrogen) atoms. The smallest absolute Gasteiger partial charge is 0.259 e. The van der Waals surface area contributed by atoms with E-state index in [-0.39, 0.29) is 23.0 Å². The van der Waals surface area contributed by atoms with Crippen LogP contribution in [0.3, 0.4) is 0 Å². The van der Waals surface area contributed by atoms with Gasteiger partial charge in [-0.15, -0.1) is 6.42 Å². The van der Waals surface area contributed by atoms with Crippen LogP contribution in [-0.4, -0.2) is 23.7 Å². The number of fused-ring (bicyclic) bond motifs is 1. The minimum absolute atomic E-state index is 0.0638. The number of hydrogen-bond donors (Lipinski definition) is 1. The number of rotatable bonds is 5. The van der Waals surface area contributed by atoms with Crippen molar-refractivity contribution in [1.29, 1.82) is 0 Å². The van der Waals surface area contributed by atoms with E-state index in [0.717, 1.165) is 0 Å². The number of nitrogens with zero attached hydrogens (tertiary/aromatic N) is 1. The molecule has 2 aromatic carbocycles. The van der Waals surface area contributed by atoms with Crippen LogP contribution in [-0.2, 0) is 0 Å². The van der Waals surface area contributed by atoms with Crippen molar-refractivity contribution < 1.29 is 9.47 Å². The quantitative estimate of drug-likeness (QED) is 0.647. The molecule has 1 N–H and O–H groups in total. The van der Waals surface area contributed by atoms with Gasteiger partial charge in [0.15, 0.2) is 17.3 Å². The van der Waals surface area contributed by atoms with Gasteiger partial charge in [0, 0.05) is 0 Å². The first-order valence-electron chi connectivity index (χ1n) is 7.84. The molecule has 0 atom stereocenters. The molecule has 0 fully saturated rings. The molecule has 136 valence electrons. The lowest BCUT2D eigenvalue weighted by atomic mass is 10.1. The summed E-state index contributed by atoms with van der Waals surface area (Å²) in [5.41, 5.74) is 0.929. The number of aromatic nitrogens is 2. The van der Waals surface area contributed by atoms with Crippen LogP contribution in [0.25, 0.3) is 22.0 Å². The Balaban J connectivity index is 2.02. The molecule has 0 unspecified atom stereocenters. The van der Waals surface area contributed by atoms with Crippen molar-refractivity contribution in [2.75, 3.05) is 13.7 Å². The van der Waals surface area contributed by atoms with Crippen LogP contribution in [0, 0.1) is 12.3 Å². The number of hydrogen-bond acceptors (Lipinski definition) is 4. The summed E-state index contributed by atoms with van der Waals surface area (Å²) in [6.07, 6.45) is 6.83. The van der Waals surface area contributed by atoms with Gasteiger partial charge in [-0.2, -0.15) is 0 Å². The van der Waals surface area contributed by atoms with Crippen molar-refractivity contribution >= 4 is 45.2 Å². The molecular weight excluding hydrogens is 387 g/mol. The van der Waals surface area contributed by atoms with E-state index < -0.39 is 0 Å². The zero-order valence-electron chi connectivity index (χ0n) is 14.3. The lowest BCUT2D eigenvalue weighted by Gasteiger charge is -2.12. The lowest BCUT2D eigenvalue weighted by molar-refractivity contribution is 0.331. The van der Waals surface area contributed by atoms with Crippen LogP contribution in [0.15, 0.2) is 41.2 Å². The molecule has 0 amide bonds. The van der Waals surface area contributed by atoms with Crippen LogP contribution in [0.2, 0.25) is 5.02 Å². The van der Waals surface area contributed by atoms with E-state index in [4.69, 9.17) is 39.1 Å². The van der Waals surface area contributed by atoms with Gasteiger partial charge in [-0.25, -0.2) is 4.98 Å². The largest absolute Gasteiger partial charge is 0.493 e. The van der Waals surface area contributed by atoms with Crippen LogP contribution in [0.5, 0.6) is 11.5 Å². The maximum absolute atomic E-state index is 12.2. The zero-order valence-corrected chi connectivity index (χ0v) is 15.8. The highest BCUT2D eigenvalue weighted by atomic mass is 35.5. The number of benzene rings is 2. The summed E-state index contributed by atoms with van der Waals surface area (Å²) in [5, 5.41) is 1.05. The average Bonchev–Trinajstić information content (AvgIpc) is 2.66. The van der Waals surface area contributed by atoms with Crippen molar-refractivity contribution in [3.8, 4) is 23.8 Å². The molecule has 0 saturated carbocycles. The molecule has 0 aliphatic carbocycles. The van der Waals surface area contributed by atoms with Crippen LogP contribution >= 0.6 is 23.2 Å². The highest BCUT2D eigenvalue weighted by Gasteiger charge is 2.12. The van der Waals surface area contributed by atoms with Gasteiger partial charge in [0.1, 0.15) is 6.61 Å². The molecule has 5 nitrogen and oxygen atoms in total. The average molecular weight is 401 g/mol. The Morgan fingerprint density at radius 1 is 1.37 bits per heavy atom. The van der Waals surface area contributed by atoms with Crippen LogP contribution < -0.4 is 15.0 Å². The second-order valence-corrected chi connectivity index (χ2v) is 6.27. The van der Waals surface area contributed by atoms with Gasteiger partial charge < -0.3 is 14.5 Å². The SMILES string of the molecule is C#CCOc1c(Cl)cc(/C=C(\Cl)c2nc3ccccc3c(=O)[nH]2)cc1OC. The van der Waals surface area contributed by atoms with Crippen molar-refractivity contribution in [3.05, 3.63) is 63.2 Å². The summed E-state index contributed by atoms with van der Waals surface area (Å²) in [7, 11) is 1.49. The molecular formula is C20H14Cl2N2O3. The molecule has 3 aromatic rings. The van der Waals surface area contributed by atoms with E-state index >= 15 is 0 Å². The molecule has 0 saturated heterocycles. The summed E-state index contributed by atoms with van der Waals surface area (Å²) in [4.78, 5) is 19.3. The van der Waals surface area contributed by atoms with E-state index in [1.54, 1.807) is 42.5 Å². The fourth-order valence-electron chi connectivity index (χ4n) is 2.49. The first-order valence-corrected chi connectivity index (χ1v) is 8.59. The molecule has 0 aliphatic rings. The second kappa shape index (κ2) is 8.17. The van der Waals surface area contributed by atoms with Gasteiger partial charge in [0.05, 0.1) is 28.1 Å². The third-order valence-electron chi connectivity index (χ3n) is 3.68. The Morgan fingerprint density at radius 3 is 2.89 bits per heavy atom. The topological polar surface area (TPSA) is 64.2 Å². The van der Waals surface area contributed by atoms with Crippen molar-refractivity contribution in [3.63, 3.8) is 0 Å². The van der Waals surface area contributed by atoms with Gasteiger partial charge in [-0.3, -0.25) is 4.79 Å². The number of ether oxygens (including phenoxy) is 2. The number of para-hydroxylation sites is 1. The van der Waals surface area contributed by atoms with Crippen molar-refractivity contribution in [1.82, 2.24) is 9.97 Å². The first kappa shape index (κ1) is 18.8. The van der Waals surface area contributed by atoms with Crippen molar-refractivity contribution in [2.24, 2.45) is 0 Å². The van der Waals surface area contributed by atoms with E-state index in [0.29, 0.717) is 33.0 Å². The first-order chi connectivity index (χ1) is 13.0. The number of halogens is 2. The van der Waals surface area contributed by atoms with E-state index in [1.165, 1.54) is 7.11 Å². The third kappa shape index (κ3) is 4.08. The third-order valence-corrected chi connectivity index (χ3v) is 4.25. The number of nitrogens with one attached hydrogen (secondary N) is 1. The van der Waals surface area contributed by atoms with E-state index in [9.17, 15) is 4.79 Å². The lowest BCUT2D eigenvalue weighted by Crippen LogP contribution is -2.10. The highest BCUT2D eigenvalue weighted by molar-refractivity contribution is 6.50. The normalized spacial score (nSPS) is 11.3. The number of methoxy groups -OCH3 is 1. The molecule has 0 spiro atoms. The van der Waals surface area contributed by atoms with Gasteiger partial charge in [0.2, 0.25) is 0 Å². The summed E-state index contributed by atoms with van der Waals surface area (Å²) < 4.78 is 10.7. The van der Waals surface area contributed by atoms with Crippen LogP contribution in [0.4, 0.5) is 0 Å². The fraction of sp³-hybridized carbons (Fsp3) is 0.100. The Labute approximate surface area is 165 Å². The summed E-state index contributed by atoms with van der Waals surface area (Å²) in [6, 6.07) is 10.4. The minimum atomic E-state index is -0.268. The molecule has 0 bridgehead atoms. The maximum atomic E-state index is 12.2. The molecule has 7 heteroatoms. The molecule has 1 aromatic heterocycles. The Hall–Kier alpha value is -2.94. The van der Waals surface area contributed by atoms with E-state index in [2.05, 4.69) is 15.9 Å². The molecule has 3 rings (SSSR count). The van der Waals surface area contributed by atoms with Gasteiger partial charge in [-0.1, -0.05) is 41.3 Å². The fourth-order valence-corrected chi connectivity index (χ4v) is 2.98. The standard InChI is InChI=1S/C20H14Cl2N2O3/c1-3-8-27-18-14(21)9-12(11-17(18)26-2)10-15(22)19-23-16-7-5-4-6-13(16)20(25)24-19/h1,4-7,9-11H,8H2,2H3,(H,23,24,25)/b15-10-. The van der Waals surface area contributed by atoms with E-state index in [1.807, 2.05) is 0 Å². The predicted octanol–water partition coefficient (Wildman–Crippen LogP) is 4.33. The number of H-pyrrole nitrogens is 1. The Kier molecular flexibility index (Phi) is 5.70. The van der Waals surface area contributed by atoms with Gasteiger partial charge >= 0.3 is 0 Å². The molecule has 0 aliphatic heterocycles. The Morgan fingerprint density at radius 2 is 2.15 bits per heavy atom. The predicted molar refractivity (Wildman–Crippen MR) is 108 cm³/mol. The zero-order chi connectivity index (χ0) is 19.4. The van der Waals surface area contributed by atoms with Crippen molar-refractivity contribution in [2.45, 2.75) is 0 Å². The second-order valence-electron chi connectivity index (χ2n) is 5.45. The summed E-state index contributed by atoms with van der Waals surface area (Å²) in [6.45, 7) is 0.0638. The highest BCUT2D eigenvalue weighted by Crippen LogP contribution is 2.37. The van der Waals surface area contributed by atoms with Gasteiger partial charge in [0.25, 0.3) is 5.56 Å². The van der Waals surface area contributed by atoms with Gasteiger partial charge in [-0.05, 0) is 35.9 Å².